The van der Waals surface area contributed by atoms with Crippen molar-refractivity contribution in [2.24, 2.45) is 0 Å². The third kappa shape index (κ3) is 5.40. The van der Waals surface area contributed by atoms with Gasteiger partial charge in [-0.2, -0.15) is 13.2 Å². The molecular weight excluding hydrogens is 561 g/mol. The summed E-state index contributed by atoms with van der Waals surface area (Å²) in [5, 5.41) is 16.9. The van der Waals surface area contributed by atoms with Gasteiger partial charge in [-0.25, -0.2) is 17.2 Å². The average Bonchev–Trinajstić information content (AvgIpc) is 3.27. The number of nitrogens with one attached hydrogen (secondary N) is 1. The molecule has 3 aromatic heterocycles. The van der Waals surface area contributed by atoms with Crippen LogP contribution in [0.25, 0.3) is 33.2 Å². The Balaban J connectivity index is 0.000000372. The first kappa shape index (κ1) is 27.6. The molecular formula is C28H19F3N4O5S. The number of nitro groups is 1. The second kappa shape index (κ2) is 10.5. The number of imidazole rings is 1. The summed E-state index contributed by atoms with van der Waals surface area (Å²) in [7, 11) is -6.09. The highest BCUT2D eigenvalue weighted by Gasteiger charge is 2.37. The zero-order valence-electron chi connectivity index (χ0n) is 20.8. The van der Waals surface area contributed by atoms with Crippen LogP contribution >= 0.6 is 0 Å². The van der Waals surface area contributed by atoms with Gasteiger partial charge in [-0.05, 0) is 29.7 Å². The highest BCUT2D eigenvalue weighted by atomic mass is 32.2. The van der Waals surface area contributed by atoms with Crippen LogP contribution in [0.2, 0.25) is 0 Å². The molecule has 6 rings (SSSR count). The lowest BCUT2D eigenvalue weighted by Gasteiger charge is -2.08. The summed E-state index contributed by atoms with van der Waals surface area (Å²) < 4.78 is 63.3. The SMILES string of the molecule is O=S(=O)([O-])C(F)(F)F.O=[N+]([O-])c1ccc(Nc2c3c4ccccc4cc(-c4ccccc4)n3c3cccc[n+]23)cc1. The molecule has 13 heteroatoms. The van der Waals surface area contributed by atoms with E-state index in [1.54, 1.807) is 12.1 Å². The van der Waals surface area contributed by atoms with E-state index in [1.807, 2.05) is 48.7 Å². The maximum absolute atomic E-state index is 11.1. The Morgan fingerprint density at radius 3 is 2.10 bits per heavy atom. The second-order valence-electron chi connectivity index (χ2n) is 8.77. The number of halogens is 3. The molecule has 0 amide bonds. The molecule has 0 aliphatic rings. The van der Waals surface area contributed by atoms with Crippen molar-refractivity contribution in [2.45, 2.75) is 5.51 Å². The van der Waals surface area contributed by atoms with Gasteiger partial charge in [-0.1, -0.05) is 60.7 Å². The molecule has 9 nitrogen and oxygen atoms in total. The lowest BCUT2D eigenvalue weighted by Crippen LogP contribution is -2.22. The third-order valence-electron chi connectivity index (χ3n) is 6.20. The molecule has 0 saturated carbocycles. The zero-order valence-corrected chi connectivity index (χ0v) is 21.6. The van der Waals surface area contributed by atoms with Crippen LogP contribution in [0.15, 0.2) is 109 Å². The number of aromatic nitrogens is 2. The molecule has 0 saturated heterocycles. The number of nitrogens with zero attached hydrogens (tertiary/aromatic N) is 3. The van der Waals surface area contributed by atoms with E-state index in [0.29, 0.717) is 0 Å². The molecule has 0 atom stereocenters. The smallest absolute Gasteiger partial charge is 0.485 e. The highest BCUT2D eigenvalue weighted by Crippen LogP contribution is 2.34. The Labute approximate surface area is 230 Å². The third-order valence-corrected chi connectivity index (χ3v) is 6.77. The Kier molecular flexibility index (Phi) is 7.07. The van der Waals surface area contributed by atoms with E-state index in [-0.39, 0.29) is 10.6 Å². The molecule has 208 valence electrons. The normalized spacial score (nSPS) is 11.8. The van der Waals surface area contributed by atoms with Crippen LogP contribution in [0.1, 0.15) is 0 Å². The molecule has 0 fully saturated rings. The van der Waals surface area contributed by atoms with E-state index >= 15 is 0 Å². The molecule has 41 heavy (non-hydrogen) atoms. The molecule has 0 unspecified atom stereocenters. The predicted octanol–water partition coefficient (Wildman–Crippen LogP) is 6.20. The van der Waals surface area contributed by atoms with Crippen LogP contribution in [0, 0.1) is 10.1 Å². The van der Waals surface area contributed by atoms with Crippen LogP contribution in [-0.4, -0.2) is 27.8 Å². The van der Waals surface area contributed by atoms with Gasteiger partial charge < -0.3 is 4.55 Å². The number of pyridine rings is 2. The summed E-state index contributed by atoms with van der Waals surface area (Å²) in [5.41, 5.74) is -0.538. The minimum absolute atomic E-state index is 0.0663. The van der Waals surface area contributed by atoms with Gasteiger partial charge in [0, 0.05) is 29.1 Å². The van der Waals surface area contributed by atoms with Crippen molar-refractivity contribution in [3.8, 4) is 11.3 Å². The second-order valence-corrected chi connectivity index (χ2v) is 10.1. The lowest BCUT2D eigenvalue weighted by atomic mass is 10.1. The minimum atomic E-state index is -6.09. The molecule has 1 N–H and O–H groups in total. The minimum Gasteiger partial charge on any atom is -0.741 e. The summed E-state index contributed by atoms with van der Waals surface area (Å²) in [6, 6.07) is 33.5. The van der Waals surface area contributed by atoms with Crippen molar-refractivity contribution in [3.05, 3.63) is 119 Å². The van der Waals surface area contributed by atoms with Crippen LogP contribution in [0.5, 0.6) is 0 Å². The highest BCUT2D eigenvalue weighted by molar-refractivity contribution is 7.86. The van der Waals surface area contributed by atoms with Crippen LogP contribution in [-0.2, 0) is 10.1 Å². The van der Waals surface area contributed by atoms with Gasteiger partial charge in [0.25, 0.3) is 11.5 Å². The van der Waals surface area contributed by atoms with Crippen molar-refractivity contribution in [1.29, 1.82) is 0 Å². The van der Waals surface area contributed by atoms with Gasteiger partial charge in [0.05, 0.1) is 16.8 Å². The molecule has 0 aliphatic heterocycles. The number of hydrogen-bond acceptors (Lipinski definition) is 6. The molecule has 3 heterocycles. The van der Waals surface area contributed by atoms with Crippen molar-refractivity contribution in [3.63, 3.8) is 0 Å². The summed E-state index contributed by atoms with van der Waals surface area (Å²) in [5.74, 6) is 0.897. The van der Waals surface area contributed by atoms with Gasteiger partial charge >= 0.3 is 5.51 Å². The summed E-state index contributed by atoms with van der Waals surface area (Å²) in [4.78, 5) is 10.7. The van der Waals surface area contributed by atoms with Crippen molar-refractivity contribution in [1.82, 2.24) is 4.40 Å². The van der Waals surface area contributed by atoms with Gasteiger partial charge in [-0.3, -0.25) is 15.4 Å². The Morgan fingerprint density at radius 1 is 0.854 bits per heavy atom. The fourth-order valence-electron chi connectivity index (χ4n) is 4.43. The molecule has 3 aromatic carbocycles. The summed E-state index contributed by atoms with van der Waals surface area (Å²) in [6.45, 7) is 0. The molecule has 0 radical (unpaired) electrons. The Bertz CT molecular complexity index is 2010. The van der Waals surface area contributed by atoms with Crippen molar-refractivity contribution >= 4 is 49.2 Å². The van der Waals surface area contributed by atoms with Gasteiger partial charge in [0.2, 0.25) is 5.65 Å². The molecule has 0 aliphatic carbocycles. The van der Waals surface area contributed by atoms with Crippen LogP contribution < -0.4 is 9.72 Å². The first-order valence-corrected chi connectivity index (χ1v) is 13.3. The maximum Gasteiger partial charge on any atom is 0.485 e. The van der Waals surface area contributed by atoms with Gasteiger partial charge in [0.1, 0.15) is 5.69 Å². The Morgan fingerprint density at radius 2 is 1.46 bits per heavy atom. The number of benzene rings is 3. The zero-order chi connectivity index (χ0) is 29.4. The van der Waals surface area contributed by atoms with E-state index in [0.717, 1.165) is 44.7 Å². The maximum atomic E-state index is 11.1. The molecule has 0 spiro atoms. The van der Waals surface area contributed by atoms with Crippen LogP contribution in [0.3, 0.4) is 0 Å². The van der Waals surface area contributed by atoms with E-state index < -0.39 is 15.6 Å². The molecule has 0 bridgehead atoms. The number of hydrogen-bond donors (Lipinski definition) is 1. The number of fused-ring (bicyclic) bond motifs is 5. The molecule has 6 aromatic rings. The fourth-order valence-corrected chi connectivity index (χ4v) is 4.43. The number of alkyl halides is 3. The number of nitro benzene ring substituents is 1. The first-order chi connectivity index (χ1) is 19.5. The van der Waals surface area contributed by atoms with E-state index in [1.165, 1.54) is 12.1 Å². The van der Waals surface area contributed by atoms with Crippen molar-refractivity contribution < 1.29 is 35.5 Å². The standard InChI is InChI=1S/C27H19N4O2.CHF3O3S/c32-31(33)22-15-13-21(14-16-22)28-27-26-23-11-5-4-10-20(23)18-24(19-8-2-1-3-9-19)30(26)25-12-6-7-17-29(25)27;2-1(3,4)8(5,6)7/h1-18,28H;(H,5,6,7)/q+1;/p-1. The lowest BCUT2D eigenvalue weighted by molar-refractivity contribution is -0.493. The summed E-state index contributed by atoms with van der Waals surface area (Å²) in [6.07, 6.45) is 2.03. The van der Waals surface area contributed by atoms with E-state index in [2.05, 4.69) is 50.5 Å². The number of anilines is 2. The summed E-state index contributed by atoms with van der Waals surface area (Å²) >= 11 is 0. The van der Waals surface area contributed by atoms with E-state index in [9.17, 15) is 23.3 Å². The average molecular weight is 581 g/mol. The van der Waals surface area contributed by atoms with Gasteiger partial charge in [-0.15, -0.1) is 0 Å². The first-order valence-electron chi connectivity index (χ1n) is 11.9. The number of rotatable bonds is 4. The predicted molar refractivity (Wildman–Crippen MR) is 146 cm³/mol. The largest absolute Gasteiger partial charge is 0.741 e. The monoisotopic (exact) mass is 580 g/mol. The Hall–Kier alpha value is -5.01. The van der Waals surface area contributed by atoms with E-state index in [4.69, 9.17) is 13.0 Å². The quantitative estimate of drug-likeness (QED) is 0.0871. The number of non-ortho nitro benzene ring substituents is 1. The topological polar surface area (TPSA) is 121 Å². The van der Waals surface area contributed by atoms with Gasteiger partial charge in [0.15, 0.2) is 15.6 Å². The van der Waals surface area contributed by atoms with Crippen molar-refractivity contribution in [2.75, 3.05) is 5.32 Å². The fraction of sp³-hybridized carbons (Fsp3) is 0.0357. The van der Waals surface area contributed by atoms with Crippen LogP contribution in [0.4, 0.5) is 30.4 Å².